The number of hydrogen-bond donors (Lipinski definition) is 2. The average Bonchev–Trinajstić information content (AvgIpc) is 2.89. The van der Waals surface area contributed by atoms with E-state index in [0.717, 1.165) is 40.1 Å². The van der Waals surface area contributed by atoms with Crippen LogP contribution in [0.4, 0.5) is 10.8 Å². The van der Waals surface area contributed by atoms with Crippen molar-refractivity contribution < 1.29 is 0 Å². The van der Waals surface area contributed by atoms with Crippen molar-refractivity contribution in [1.29, 1.82) is 0 Å². The monoisotopic (exact) mass is 323 g/mol. The molecular formula is C16H22ClN3S. The number of thiazole rings is 1. The third kappa shape index (κ3) is 4.19. The van der Waals surface area contributed by atoms with E-state index in [1.165, 1.54) is 5.56 Å². The molecule has 5 heteroatoms. The van der Waals surface area contributed by atoms with E-state index in [4.69, 9.17) is 11.6 Å². The number of aryl methyl sites for hydroxylation is 2. The first kappa shape index (κ1) is 16.3. The highest BCUT2D eigenvalue weighted by molar-refractivity contribution is 7.13. The molecule has 1 aromatic heterocycles. The quantitative estimate of drug-likeness (QED) is 0.765. The van der Waals surface area contributed by atoms with Gasteiger partial charge in [0.1, 0.15) is 0 Å². The summed E-state index contributed by atoms with van der Waals surface area (Å²) in [4.78, 5) is 4.65. The number of halogens is 1. The van der Waals surface area contributed by atoms with Crippen LogP contribution in [0.5, 0.6) is 0 Å². The number of rotatable bonds is 6. The van der Waals surface area contributed by atoms with Gasteiger partial charge in [0.25, 0.3) is 0 Å². The van der Waals surface area contributed by atoms with E-state index in [0.29, 0.717) is 0 Å². The van der Waals surface area contributed by atoms with Gasteiger partial charge in [-0.2, -0.15) is 0 Å². The predicted octanol–water partition coefficient (Wildman–Crippen LogP) is 5.22. The van der Waals surface area contributed by atoms with Crippen LogP contribution in [0.25, 0.3) is 0 Å². The third-order valence-electron chi connectivity index (χ3n) is 3.33. The van der Waals surface area contributed by atoms with Gasteiger partial charge in [-0.3, -0.25) is 0 Å². The van der Waals surface area contributed by atoms with Crippen LogP contribution in [0, 0.1) is 13.8 Å². The Morgan fingerprint density at radius 3 is 2.76 bits per heavy atom. The van der Waals surface area contributed by atoms with E-state index in [-0.39, 0.29) is 6.04 Å². The number of benzene rings is 1. The molecule has 114 valence electrons. The fourth-order valence-corrected chi connectivity index (χ4v) is 3.37. The van der Waals surface area contributed by atoms with Crippen LogP contribution in [-0.4, -0.2) is 11.5 Å². The van der Waals surface area contributed by atoms with Crippen molar-refractivity contribution in [1.82, 2.24) is 10.3 Å². The van der Waals surface area contributed by atoms with Gasteiger partial charge < -0.3 is 10.6 Å². The maximum atomic E-state index is 6.32. The molecule has 2 aromatic rings. The van der Waals surface area contributed by atoms with Crippen molar-refractivity contribution in [3.63, 3.8) is 0 Å². The lowest BCUT2D eigenvalue weighted by Gasteiger charge is -2.11. The van der Waals surface area contributed by atoms with E-state index in [1.54, 1.807) is 11.3 Å². The van der Waals surface area contributed by atoms with Gasteiger partial charge in [0.15, 0.2) is 5.13 Å². The summed E-state index contributed by atoms with van der Waals surface area (Å²) in [6, 6.07) is 4.36. The van der Waals surface area contributed by atoms with Gasteiger partial charge >= 0.3 is 0 Å². The zero-order valence-corrected chi connectivity index (χ0v) is 14.5. The molecule has 0 bridgehead atoms. The van der Waals surface area contributed by atoms with Crippen LogP contribution >= 0.6 is 22.9 Å². The summed E-state index contributed by atoms with van der Waals surface area (Å²) in [5, 5.41) is 10.5. The van der Waals surface area contributed by atoms with Gasteiger partial charge in [-0.25, -0.2) is 4.98 Å². The largest absolute Gasteiger partial charge is 0.330 e. The number of nitrogens with one attached hydrogen (secondary N) is 2. The Hall–Kier alpha value is -1.10. The molecule has 2 rings (SSSR count). The first-order valence-electron chi connectivity index (χ1n) is 7.23. The van der Waals surface area contributed by atoms with Crippen molar-refractivity contribution >= 4 is 33.8 Å². The summed E-state index contributed by atoms with van der Waals surface area (Å²) in [5.41, 5.74) is 4.31. The lowest BCUT2D eigenvalue weighted by Crippen LogP contribution is -2.19. The Morgan fingerprint density at radius 1 is 1.33 bits per heavy atom. The molecule has 0 saturated carbocycles. The van der Waals surface area contributed by atoms with Crippen LogP contribution < -0.4 is 10.6 Å². The summed E-state index contributed by atoms with van der Waals surface area (Å²) in [7, 11) is 0. The molecule has 0 aliphatic heterocycles. The second-order valence-corrected chi connectivity index (χ2v) is 6.58. The molecule has 0 aliphatic carbocycles. The molecule has 2 N–H and O–H groups in total. The maximum absolute atomic E-state index is 6.32. The van der Waals surface area contributed by atoms with Crippen molar-refractivity contribution in [2.24, 2.45) is 0 Å². The summed E-state index contributed by atoms with van der Waals surface area (Å²) < 4.78 is 0. The minimum absolute atomic E-state index is 0.270. The lowest BCUT2D eigenvalue weighted by molar-refractivity contribution is 0.561. The fourth-order valence-electron chi connectivity index (χ4n) is 2.19. The molecule has 0 spiro atoms. The van der Waals surface area contributed by atoms with E-state index in [1.807, 2.05) is 13.0 Å². The first-order valence-corrected chi connectivity index (χ1v) is 8.49. The van der Waals surface area contributed by atoms with Crippen LogP contribution in [0.3, 0.4) is 0 Å². The van der Waals surface area contributed by atoms with Crippen molar-refractivity contribution in [3.8, 4) is 0 Å². The van der Waals surface area contributed by atoms with Gasteiger partial charge in [0, 0.05) is 11.4 Å². The molecule has 1 atom stereocenters. The van der Waals surface area contributed by atoms with Gasteiger partial charge in [-0.05, 0) is 50.9 Å². The van der Waals surface area contributed by atoms with Crippen LogP contribution in [-0.2, 0) is 0 Å². The molecule has 0 radical (unpaired) electrons. The fraction of sp³-hybridized carbons (Fsp3) is 0.438. The van der Waals surface area contributed by atoms with E-state index in [9.17, 15) is 0 Å². The number of anilines is 2. The molecule has 0 saturated heterocycles. The Morgan fingerprint density at radius 2 is 2.10 bits per heavy atom. The van der Waals surface area contributed by atoms with E-state index < -0.39 is 0 Å². The van der Waals surface area contributed by atoms with Gasteiger partial charge in [-0.15, -0.1) is 11.3 Å². The lowest BCUT2D eigenvalue weighted by atomic mass is 10.1. The SMILES string of the molecule is CCCNC(C)c1csc(Nc2c(C)cc(C)cc2Cl)n1. The van der Waals surface area contributed by atoms with Gasteiger partial charge in [0.2, 0.25) is 0 Å². The highest BCUT2D eigenvalue weighted by atomic mass is 35.5. The topological polar surface area (TPSA) is 37.0 Å². The standard InChI is InChI=1S/C16H22ClN3S/c1-5-6-18-12(4)14-9-21-16(19-14)20-15-11(3)7-10(2)8-13(15)17/h7-9,12,18H,5-6H2,1-4H3,(H,19,20). The second-order valence-electron chi connectivity index (χ2n) is 5.32. The number of aromatic nitrogens is 1. The molecule has 3 nitrogen and oxygen atoms in total. The van der Waals surface area contributed by atoms with Crippen molar-refractivity contribution in [2.45, 2.75) is 40.2 Å². The van der Waals surface area contributed by atoms with Crippen LogP contribution in [0.15, 0.2) is 17.5 Å². The molecule has 1 heterocycles. The molecular weight excluding hydrogens is 302 g/mol. The Balaban J connectivity index is 2.13. The number of hydrogen-bond acceptors (Lipinski definition) is 4. The molecule has 0 aliphatic rings. The minimum Gasteiger partial charge on any atom is -0.330 e. The zero-order valence-electron chi connectivity index (χ0n) is 13.0. The summed E-state index contributed by atoms with van der Waals surface area (Å²) in [6.07, 6.45) is 1.12. The first-order chi connectivity index (χ1) is 10.0. The summed E-state index contributed by atoms with van der Waals surface area (Å²) in [6.45, 7) is 9.41. The van der Waals surface area contributed by atoms with Crippen molar-refractivity contribution in [2.75, 3.05) is 11.9 Å². The smallest absolute Gasteiger partial charge is 0.187 e. The maximum Gasteiger partial charge on any atom is 0.187 e. The molecule has 0 amide bonds. The van der Waals surface area contributed by atoms with Crippen LogP contribution in [0.2, 0.25) is 5.02 Å². The van der Waals surface area contributed by atoms with Gasteiger partial charge in [0.05, 0.1) is 16.4 Å². The van der Waals surface area contributed by atoms with E-state index in [2.05, 4.69) is 47.8 Å². The van der Waals surface area contributed by atoms with Crippen LogP contribution in [0.1, 0.15) is 43.1 Å². The highest BCUT2D eigenvalue weighted by Crippen LogP contribution is 2.32. The molecule has 21 heavy (non-hydrogen) atoms. The molecule has 0 fully saturated rings. The third-order valence-corrected chi connectivity index (χ3v) is 4.40. The minimum atomic E-state index is 0.270. The summed E-state index contributed by atoms with van der Waals surface area (Å²) >= 11 is 7.93. The Labute approximate surface area is 135 Å². The van der Waals surface area contributed by atoms with Crippen molar-refractivity contribution in [3.05, 3.63) is 39.4 Å². The Bertz CT molecular complexity index is 586. The normalized spacial score (nSPS) is 12.4. The zero-order chi connectivity index (χ0) is 15.4. The molecule has 1 unspecified atom stereocenters. The average molecular weight is 324 g/mol. The van der Waals surface area contributed by atoms with Gasteiger partial charge in [-0.1, -0.05) is 24.6 Å². The Kier molecular flexibility index (Phi) is 5.62. The molecule has 1 aromatic carbocycles. The summed E-state index contributed by atoms with van der Waals surface area (Å²) in [5.74, 6) is 0. The highest BCUT2D eigenvalue weighted by Gasteiger charge is 2.11. The van der Waals surface area contributed by atoms with E-state index >= 15 is 0 Å². The second kappa shape index (κ2) is 7.25. The predicted molar refractivity (Wildman–Crippen MR) is 93.0 cm³/mol. The number of nitrogens with zero attached hydrogens (tertiary/aromatic N) is 1.